The highest BCUT2D eigenvalue weighted by Gasteiger charge is 2.47. The molecule has 1 aromatic rings. The van der Waals surface area contributed by atoms with Crippen LogP contribution in [0.5, 0.6) is 0 Å². The fourth-order valence-corrected chi connectivity index (χ4v) is 5.02. The van der Waals surface area contributed by atoms with Crippen LogP contribution in [0.25, 0.3) is 0 Å². The van der Waals surface area contributed by atoms with Gasteiger partial charge in [0.2, 0.25) is 0 Å². The van der Waals surface area contributed by atoms with Gasteiger partial charge in [0.25, 0.3) is 0 Å². The summed E-state index contributed by atoms with van der Waals surface area (Å²) in [5.41, 5.74) is 1.98. The van der Waals surface area contributed by atoms with Crippen LogP contribution in [0.4, 0.5) is 16.2 Å². The molecule has 1 aromatic carbocycles. The number of benzene rings is 1. The van der Waals surface area contributed by atoms with E-state index in [1.54, 1.807) is 0 Å². The molecular weight excluding hydrogens is 302 g/mol. The predicted octanol–water partition coefficient (Wildman–Crippen LogP) is 2.82. The largest absolute Gasteiger partial charge is 0.396 e. The number of hydrogen-bond acceptors (Lipinski definition) is 3. The Morgan fingerprint density at radius 3 is 2.71 bits per heavy atom. The molecule has 1 heterocycles. The van der Waals surface area contributed by atoms with Gasteiger partial charge in [0.1, 0.15) is 0 Å². The standard InChI is InChI=1S/C19H27N3O2/c23-12-15-13-7-8-14(11-13)18(15)21-19(24)20-16-5-1-2-6-17(16)22-9-3-4-10-22/h1-2,5-6,13-15,18,23H,3-4,7-12H2,(H2,20,21,24)/t13-,14-,15+,18-/m0/s1. The lowest BCUT2D eigenvalue weighted by molar-refractivity contribution is 0.146. The highest BCUT2D eigenvalue weighted by atomic mass is 16.3. The first-order valence-electron chi connectivity index (χ1n) is 9.28. The lowest BCUT2D eigenvalue weighted by Gasteiger charge is -2.30. The second-order valence-corrected chi connectivity index (χ2v) is 7.52. The van der Waals surface area contributed by atoms with Crippen molar-refractivity contribution in [1.82, 2.24) is 5.32 Å². The molecule has 5 heteroatoms. The van der Waals surface area contributed by atoms with Gasteiger partial charge in [0, 0.05) is 31.7 Å². The third-order valence-corrected chi connectivity index (χ3v) is 6.20. The summed E-state index contributed by atoms with van der Waals surface area (Å²) in [7, 11) is 0. The van der Waals surface area contributed by atoms with Crippen LogP contribution in [0.3, 0.4) is 0 Å². The number of rotatable bonds is 4. The maximum absolute atomic E-state index is 12.6. The summed E-state index contributed by atoms with van der Waals surface area (Å²) in [5.74, 6) is 1.34. The molecule has 2 aliphatic carbocycles. The van der Waals surface area contributed by atoms with Gasteiger partial charge in [-0.1, -0.05) is 12.1 Å². The number of urea groups is 1. The number of carbonyl (C=O) groups excluding carboxylic acids is 1. The van der Waals surface area contributed by atoms with Crippen molar-refractivity contribution < 1.29 is 9.90 Å². The fraction of sp³-hybridized carbons (Fsp3) is 0.632. The molecule has 5 nitrogen and oxygen atoms in total. The number of hydrogen-bond donors (Lipinski definition) is 3. The lowest BCUT2D eigenvalue weighted by Crippen LogP contribution is -2.47. The molecule has 1 aliphatic heterocycles. The number of amides is 2. The number of aliphatic hydroxyl groups is 1. The van der Waals surface area contributed by atoms with Crippen molar-refractivity contribution in [3.8, 4) is 0 Å². The first kappa shape index (κ1) is 15.8. The molecule has 24 heavy (non-hydrogen) atoms. The van der Waals surface area contributed by atoms with E-state index in [0.29, 0.717) is 11.8 Å². The van der Waals surface area contributed by atoms with Crippen LogP contribution in [0.15, 0.2) is 24.3 Å². The van der Waals surface area contributed by atoms with E-state index in [4.69, 9.17) is 0 Å². The van der Waals surface area contributed by atoms with Gasteiger partial charge in [-0.15, -0.1) is 0 Å². The van der Waals surface area contributed by atoms with Gasteiger partial charge >= 0.3 is 6.03 Å². The van der Waals surface area contributed by atoms with Crippen molar-refractivity contribution in [2.75, 3.05) is 29.9 Å². The van der Waals surface area contributed by atoms with E-state index in [-0.39, 0.29) is 24.6 Å². The summed E-state index contributed by atoms with van der Waals surface area (Å²) in [4.78, 5) is 14.9. The van der Waals surface area contributed by atoms with Crippen LogP contribution < -0.4 is 15.5 Å². The SMILES string of the molecule is O=C(Nc1ccccc1N1CCCC1)N[C@H]1[C@H]2CC[C@@H](C2)[C@H]1CO. The highest BCUT2D eigenvalue weighted by Crippen LogP contribution is 2.48. The monoisotopic (exact) mass is 329 g/mol. The normalized spacial score (nSPS) is 31.5. The predicted molar refractivity (Wildman–Crippen MR) is 95.2 cm³/mol. The van der Waals surface area contributed by atoms with Crippen molar-refractivity contribution in [2.45, 2.75) is 38.1 Å². The number of para-hydroxylation sites is 2. The Kier molecular flexibility index (Phi) is 4.35. The Morgan fingerprint density at radius 2 is 1.92 bits per heavy atom. The average molecular weight is 329 g/mol. The molecule has 2 saturated carbocycles. The van der Waals surface area contributed by atoms with Gasteiger partial charge < -0.3 is 20.6 Å². The maximum atomic E-state index is 12.6. The van der Waals surface area contributed by atoms with E-state index in [9.17, 15) is 9.90 Å². The van der Waals surface area contributed by atoms with E-state index >= 15 is 0 Å². The van der Waals surface area contributed by atoms with Gasteiger partial charge in [0.15, 0.2) is 0 Å². The van der Waals surface area contributed by atoms with Gasteiger partial charge in [-0.3, -0.25) is 0 Å². The second kappa shape index (κ2) is 6.63. The molecule has 0 spiro atoms. The van der Waals surface area contributed by atoms with Crippen molar-refractivity contribution in [3.05, 3.63) is 24.3 Å². The molecule has 4 rings (SSSR count). The number of fused-ring (bicyclic) bond motifs is 2. The first-order chi connectivity index (χ1) is 11.8. The first-order valence-corrected chi connectivity index (χ1v) is 9.28. The molecule has 130 valence electrons. The minimum absolute atomic E-state index is 0.118. The molecule has 2 amide bonds. The minimum atomic E-state index is -0.141. The van der Waals surface area contributed by atoms with Crippen molar-refractivity contribution >= 4 is 17.4 Å². The van der Waals surface area contributed by atoms with Crippen LogP contribution >= 0.6 is 0 Å². The maximum Gasteiger partial charge on any atom is 0.319 e. The Hall–Kier alpha value is -1.75. The number of aliphatic hydroxyl groups excluding tert-OH is 1. The van der Waals surface area contributed by atoms with Crippen molar-refractivity contribution in [1.29, 1.82) is 0 Å². The van der Waals surface area contributed by atoms with Gasteiger partial charge in [-0.05, 0) is 56.1 Å². The summed E-state index contributed by atoms with van der Waals surface area (Å²) in [6.07, 6.45) is 5.96. The van der Waals surface area contributed by atoms with E-state index in [1.165, 1.54) is 25.7 Å². The second-order valence-electron chi connectivity index (χ2n) is 7.52. The zero-order chi connectivity index (χ0) is 16.5. The number of nitrogens with one attached hydrogen (secondary N) is 2. The summed E-state index contributed by atoms with van der Waals surface area (Å²) in [6, 6.07) is 8.01. The Labute approximate surface area is 143 Å². The molecule has 0 radical (unpaired) electrons. The lowest BCUT2D eigenvalue weighted by atomic mass is 9.85. The molecule has 3 aliphatic rings. The third-order valence-electron chi connectivity index (χ3n) is 6.20. The van der Waals surface area contributed by atoms with E-state index < -0.39 is 0 Å². The molecule has 3 N–H and O–H groups in total. The van der Waals surface area contributed by atoms with E-state index in [0.717, 1.165) is 30.9 Å². The number of nitrogens with zero attached hydrogens (tertiary/aromatic N) is 1. The smallest absolute Gasteiger partial charge is 0.319 e. The molecule has 1 saturated heterocycles. The number of anilines is 2. The van der Waals surface area contributed by atoms with E-state index in [1.807, 2.05) is 18.2 Å². The zero-order valence-corrected chi connectivity index (χ0v) is 14.1. The topological polar surface area (TPSA) is 64.6 Å². The van der Waals surface area contributed by atoms with E-state index in [2.05, 4.69) is 21.6 Å². The van der Waals surface area contributed by atoms with Crippen molar-refractivity contribution in [3.63, 3.8) is 0 Å². The van der Waals surface area contributed by atoms with Crippen LogP contribution in [-0.2, 0) is 0 Å². The summed E-state index contributed by atoms with van der Waals surface area (Å²) in [5, 5.41) is 15.9. The van der Waals surface area contributed by atoms with Crippen LogP contribution in [0, 0.1) is 17.8 Å². The Morgan fingerprint density at radius 1 is 1.17 bits per heavy atom. The van der Waals surface area contributed by atoms with Crippen LogP contribution in [-0.4, -0.2) is 36.9 Å². The molecular formula is C19H27N3O2. The fourth-order valence-electron chi connectivity index (χ4n) is 5.02. The molecule has 2 bridgehead atoms. The van der Waals surface area contributed by atoms with Gasteiger partial charge in [0.05, 0.1) is 11.4 Å². The molecule has 0 aromatic heterocycles. The highest BCUT2D eigenvalue weighted by molar-refractivity contribution is 5.93. The zero-order valence-electron chi connectivity index (χ0n) is 14.1. The minimum Gasteiger partial charge on any atom is -0.396 e. The summed E-state index contributed by atoms with van der Waals surface area (Å²) >= 11 is 0. The summed E-state index contributed by atoms with van der Waals surface area (Å²) in [6.45, 7) is 2.29. The Bertz CT molecular complexity index is 600. The molecule has 0 unspecified atom stereocenters. The average Bonchev–Trinajstić information content (AvgIpc) is 3.32. The van der Waals surface area contributed by atoms with Crippen LogP contribution in [0.2, 0.25) is 0 Å². The van der Waals surface area contributed by atoms with Gasteiger partial charge in [-0.25, -0.2) is 4.79 Å². The summed E-state index contributed by atoms with van der Waals surface area (Å²) < 4.78 is 0. The van der Waals surface area contributed by atoms with Gasteiger partial charge in [-0.2, -0.15) is 0 Å². The third kappa shape index (κ3) is 2.86. The quantitative estimate of drug-likeness (QED) is 0.796. The van der Waals surface area contributed by atoms with Crippen LogP contribution in [0.1, 0.15) is 32.1 Å². The molecule has 3 fully saturated rings. The van der Waals surface area contributed by atoms with Crippen molar-refractivity contribution in [2.24, 2.45) is 17.8 Å². The number of carbonyl (C=O) groups is 1. The molecule has 4 atom stereocenters. The Balaban J connectivity index is 1.43.